The Bertz CT molecular complexity index is 2510. The molecule has 0 aliphatic rings. The third-order valence-electron chi connectivity index (χ3n) is 9.08. The highest BCUT2D eigenvalue weighted by Crippen LogP contribution is 2.42. The van der Waals surface area contributed by atoms with Gasteiger partial charge < -0.3 is 4.57 Å². The van der Waals surface area contributed by atoms with Gasteiger partial charge in [-0.2, -0.15) is 0 Å². The number of para-hydroxylation sites is 1. The molecule has 0 saturated carbocycles. The van der Waals surface area contributed by atoms with E-state index in [1.807, 2.05) is 12.4 Å². The minimum atomic E-state index is 1.16. The van der Waals surface area contributed by atoms with Crippen molar-refractivity contribution in [1.29, 1.82) is 0 Å². The second-order valence-corrected chi connectivity index (χ2v) is 11.6. The van der Waals surface area contributed by atoms with E-state index in [4.69, 9.17) is 0 Å². The van der Waals surface area contributed by atoms with Gasteiger partial charge in [-0.05, 0) is 97.4 Å². The van der Waals surface area contributed by atoms with Crippen molar-refractivity contribution in [3.05, 3.63) is 170 Å². The van der Waals surface area contributed by atoms with Crippen LogP contribution in [-0.2, 0) is 0 Å². The highest BCUT2D eigenvalue weighted by atomic mass is 15.0. The summed E-state index contributed by atoms with van der Waals surface area (Å²) in [6, 6.07) is 57.3. The van der Waals surface area contributed by atoms with Gasteiger partial charge in [-0.15, -0.1) is 0 Å². The van der Waals surface area contributed by atoms with Crippen LogP contribution >= 0.6 is 0 Å². The lowest BCUT2D eigenvalue weighted by molar-refractivity contribution is 1.18. The summed E-state index contributed by atoms with van der Waals surface area (Å²) in [6.45, 7) is 0. The minimum Gasteiger partial charge on any atom is -0.309 e. The SMILES string of the molecule is c1ccc(-n2c3cc(-c4ccc5ccccc5c4)ccc3c3c4ccccc4c(-c4ccc(-c5ccncc5)cc4)cc32)cc1. The van der Waals surface area contributed by atoms with E-state index < -0.39 is 0 Å². The van der Waals surface area contributed by atoms with Gasteiger partial charge in [0.2, 0.25) is 0 Å². The highest BCUT2D eigenvalue weighted by molar-refractivity contribution is 6.24. The van der Waals surface area contributed by atoms with Crippen molar-refractivity contribution in [2.45, 2.75) is 0 Å². The van der Waals surface area contributed by atoms with Crippen molar-refractivity contribution >= 4 is 43.4 Å². The molecule has 0 N–H and O–H groups in total. The van der Waals surface area contributed by atoms with Gasteiger partial charge in [0.05, 0.1) is 11.0 Å². The van der Waals surface area contributed by atoms with E-state index in [0.29, 0.717) is 0 Å². The van der Waals surface area contributed by atoms with Crippen LogP contribution in [0.15, 0.2) is 170 Å². The molecule has 0 atom stereocenters. The Morgan fingerprint density at radius 3 is 1.82 bits per heavy atom. The maximum absolute atomic E-state index is 4.18. The largest absolute Gasteiger partial charge is 0.309 e. The first kappa shape index (κ1) is 25.5. The summed E-state index contributed by atoms with van der Waals surface area (Å²) in [5, 5.41) is 7.58. The van der Waals surface area contributed by atoms with Crippen molar-refractivity contribution in [3.63, 3.8) is 0 Å². The molecule has 2 heteroatoms. The fourth-order valence-electron chi connectivity index (χ4n) is 6.91. The highest BCUT2D eigenvalue weighted by Gasteiger charge is 2.18. The van der Waals surface area contributed by atoms with Crippen molar-refractivity contribution in [1.82, 2.24) is 9.55 Å². The maximum atomic E-state index is 4.18. The zero-order chi connectivity index (χ0) is 29.7. The van der Waals surface area contributed by atoms with E-state index >= 15 is 0 Å². The average molecular weight is 573 g/mol. The first-order valence-electron chi connectivity index (χ1n) is 15.4. The molecule has 9 aromatic rings. The van der Waals surface area contributed by atoms with Crippen molar-refractivity contribution in [2.24, 2.45) is 0 Å². The van der Waals surface area contributed by atoms with Crippen LogP contribution in [0.25, 0.3) is 82.4 Å². The molecule has 9 rings (SSSR count). The zero-order valence-electron chi connectivity index (χ0n) is 24.6. The quantitative estimate of drug-likeness (QED) is 0.205. The smallest absolute Gasteiger partial charge is 0.0553 e. The van der Waals surface area contributed by atoms with Crippen LogP contribution in [0.5, 0.6) is 0 Å². The van der Waals surface area contributed by atoms with Gasteiger partial charge in [0.15, 0.2) is 0 Å². The van der Waals surface area contributed by atoms with Crippen molar-refractivity contribution in [2.75, 3.05) is 0 Å². The Hall–Kier alpha value is -5.99. The van der Waals surface area contributed by atoms with E-state index in [2.05, 4.69) is 167 Å². The van der Waals surface area contributed by atoms with Gasteiger partial charge in [-0.1, -0.05) is 115 Å². The number of hydrogen-bond acceptors (Lipinski definition) is 1. The first-order valence-corrected chi connectivity index (χ1v) is 15.4. The van der Waals surface area contributed by atoms with Gasteiger partial charge in [-0.3, -0.25) is 4.98 Å². The molecule has 0 unspecified atom stereocenters. The number of benzene rings is 7. The maximum Gasteiger partial charge on any atom is 0.0553 e. The summed E-state index contributed by atoms with van der Waals surface area (Å²) < 4.78 is 2.44. The predicted octanol–water partition coefficient (Wildman–Crippen LogP) is 11.5. The Morgan fingerprint density at radius 1 is 0.378 bits per heavy atom. The summed E-state index contributed by atoms with van der Waals surface area (Å²) in [6.07, 6.45) is 3.69. The molecule has 45 heavy (non-hydrogen) atoms. The van der Waals surface area contributed by atoms with Crippen LogP contribution in [-0.4, -0.2) is 9.55 Å². The average Bonchev–Trinajstić information content (AvgIpc) is 3.45. The Kier molecular flexibility index (Phi) is 5.85. The second kappa shape index (κ2) is 10.3. The Labute approximate surface area is 261 Å². The number of fused-ring (bicyclic) bond motifs is 6. The van der Waals surface area contributed by atoms with Crippen LogP contribution in [0, 0.1) is 0 Å². The molecule has 7 aromatic carbocycles. The molecule has 0 spiro atoms. The second-order valence-electron chi connectivity index (χ2n) is 11.6. The predicted molar refractivity (Wildman–Crippen MR) is 190 cm³/mol. The lowest BCUT2D eigenvalue weighted by atomic mass is 9.93. The number of nitrogens with zero attached hydrogens (tertiary/aromatic N) is 2. The van der Waals surface area contributed by atoms with Gasteiger partial charge >= 0.3 is 0 Å². The fourth-order valence-corrected chi connectivity index (χ4v) is 6.91. The number of rotatable bonds is 4. The Morgan fingerprint density at radius 2 is 1.00 bits per heavy atom. The van der Waals surface area contributed by atoms with Crippen LogP contribution in [0.4, 0.5) is 0 Å². The van der Waals surface area contributed by atoms with Gasteiger partial charge in [0.25, 0.3) is 0 Å². The standard InChI is InChI=1S/C43H28N2/c1-2-10-36(11-3-1)45-41-27-35(34-19-16-29-8-4-5-9-33(29)26-34)20-21-39(41)43-38-13-7-6-12-37(38)40(28-42(43)45)32-17-14-30(15-18-32)31-22-24-44-25-23-31/h1-28H. The lowest BCUT2D eigenvalue weighted by Gasteiger charge is -2.13. The van der Waals surface area contributed by atoms with Crippen LogP contribution in [0.1, 0.15) is 0 Å². The van der Waals surface area contributed by atoms with Crippen molar-refractivity contribution in [3.8, 4) is 39.1 Å². The third-order valence-corrected chi connectivity index (χ3v) is 9.08. The zero-order valence-corrected chi connectivity index (χ0v) is 24.6. The van der Waals surface area contributed by atoms with Gasteiger partial charge in [0.1, 0.15) is 0 Å². The first-order chi connectivity index (χ1) is 22.3. The molecule has 0 aliphatic carbocycles. The molecule has 0 aliphatic heterocycles. The molecule has 2 heterocycles. The molecule has 0 radical (unpaired) electrons. The molecule has 2 aromatic heterocycles. The molecule has 210 valence electrons. The van der Waals surface area contributed by atoms with Crippen LogP contribution < -0.4 is 0 Å². The number of hydrogen-bond donors (Lipinski definition) is 0. The van der Waals surface area contributed by atoms with E-state index in [1.54, 1.807) is 0 Å². The molecule has 0 bridgehead atoms. The van der Waals surface area contributed by atoms with Crippen LogP contribution in [0.2, 0.25) is 0 Å². The molecule has 0 saturated heterocycles. The monoisotopic (exact) mass is 572 g/mol. The van der Waals surface area contributed by atoms with Crippen molar-refractivity contribution < 1.29 is 0 Å². The topological polar surface area (TPSA) is 17.8 Å². The summed E-state index contributed by atoms with van der Waals surface area (Å²) in [4.78, 5) is 4.18. The van der Waals surface area contributed by atoms with Gasteiger partial charge in [-0.25, -0.2) is 0 Å². The molecular formula is C43H28N2. The number of pyridine rings is 1. The fraction of sp³-hybridized carbons (Fsp3) is 0. The molecular weight excluding hydrogens is 544 g/mol. The number of aromatic nitrogens is 2. The molecule has 0 fully saturated rings. The normalized spacial score (nSPS) is 11.6. The molecule has 0 amide bonds. The minimum absolute atomic E-state index is 1.16. The van der Waals surface area contributed by atoms with Crippen LogP contribution in [0.3, 0.4) is 0 Å². The van der Waals surface area contributed by atoms with E-state index in [-0.39, 0.29) is 0 Å². The summed E-state index contributed by atoms with van der Waals surface area (Å²) in [5.41, 5.74) is 10.8. The summed E-state index contributed by atoms with van der Waals surface area (Å²) in [5.74, 6) is 0. The summed E-state index contributed by atoms with van der Waals surface area (Å²) in [7, 11) is 0. The molecule has 2 nitrogen and oxygen atoms in total. The summed E-state index contributed by atoms with van der Waals surface area (Å²) >= 11 is 0. The Balaban J connectivity index is 1.32. The third kappa shape index (κ3) is 4.22. The van der Waals surface area contributed by atoms with E-state index in [0.717, 1.165) is 5.69 Å². The van der Waals surface area contributed by atoms with E-state index in [9.17, 15) is 0 Å². The lowest BCUT2D eigenvalue weighted by Crippen LogP contribution is -1.94. The van der Waals surface area contributed by atoms with E-state index in [1.165, 1.54) is 76.7 Å². The van der Waals surface area contributed by atoms with Gasteiger partial charge in [0, 0.05) is 28.9 Å².